The molecule has 0 radical (unpaired) electrons. The fourth-order valence-corrected chi connectivity index (χ4v) is 4.26. The number of halogens is 10. The summed E-state index contributed by atoms with van der Waals surface area (Å²) in [5, 5.41) is 0. The zero-order valence-electron chi connectivity index (χ0n) is 15.3. The lowest BCUT2D eigenvalue weighted by Gasteiger charge is -2.39. The van der Waals surface area contributed by atoms with Crippen molar-refractivity contribution in [2.75, 3.05) is 0 Å². The highest BCUT2D eigenvalue weighted by molar-refractivity contribution is 14.1. The van der Waals surface area contributed by atoms with Crippen molar-refractivity contribution in [3.8, 4) is 0 Å². The van der Waals surface area contributed by atoms with Gasteiger partial charge in [-0.15, -0.1) is 0 Å². The molecule has 2 unspecified atom stereocenters. The Morgan fingerprint density at radius 3 is 1.52 bits per heavy atom. The van der Waals surface area contributed by atoms with Crippen molar-refractivity contribution in [3.63, 3.8) is 0 Å². The summed E-state index contributed by atoms with van der Waals surface area (Å²) in [5.74, 6) is -21.1. The number of rotatable bonds is 13. The third kappa shape index (κ3) is 6.55. The van der Waals surface area contributed by atoms with Crippen LogP contribution in [0, 0.1) is 5.92 Å². The molecular weight excluding hydrogens is 502 g/mol. The van der Waals surface area contributed by atoms with Crippen molar-refractivity contribution in [1.82, 2.24) is 0 Å². The van der Waals surface area contributed by atoms with E-state index >= 15 is 0 Å². The van der Waals surface area contributed by atoms with Gasteiger partial charge in [-0.3, -0.25) is 0 Å². The molecule has 0 aliphatic carbocycles. The first-order valence-electron chi connectivity index (χ1n) is 9.02. The van der Waals surface area contributed by atoms with Gasteiger partial charge in [-0.2, -0.15) is 39.5 Å². The predicted octanol–water partition coefficient (Wildman–Crippen LogP) is 8.43. The number of alkyl halides is 10. The summed E-state index contributed by atoms with van der Waals surface area (Å²) in [4.78, 5) is 0. The fourth-order valence-electron chi connectivity index (χ4n) is 2.86. The van der Waals surface area contributed by atoms with Crippen molar-refractivity contribution in [3.05, 3.63) is 0 Å². The SMILES string of the molecule is CCCCCCCCCC(I)C(CC)C(F)(F)C(F)(F)C(F)(F)C(F)(F)F. The van der Waals surface area contributed by atoms with Crippen LogP contribution in [0.4, 0.5) is 39.5 Å². The molecule has 0 aromatic carbocycles. The molecule has 10 heteroatoms. The van der Waals surface area contributed by atoms with E-state index in [9.17, 15) is 39.5 Å². The second-order valence-corrected chi connectivity index (χ2v) is 8.31. The highest BCUT2D eigenvalue weighted by Crippen LogP contribution is 2.56. The lowest BCUT2D eigenvalue weighted by Crippen LogP contribution is -2.63. The Morgan fingerprint density at radius 2 is 1.11 bits per heavy atom. The second-order valence-electron chi connectivity index (χ2n) is 6.71. The van der Waals surface area contributed by atoms with Gasteiger partial charge in [0.25, 0.3) is 0 Å². The van der Waals surface area contributed by atoms with Crippen molar-refractivity contribution in [1.29, 1.82) is 0 Å². The van der Waals surface area contributed by atoms with Crippen LogP contribution < -0.4 is 0 Å². The summed E-state index contributed by atoms with van der Waals surface area (Å²) in [6.07, 6.45) is -1.33. The Labute approximate surface area is 167 Å². The van der Waals surface area contributed by atoms with Crippen molar-refractivity contribution in [2.24, 2.45) is 5.92 Å². The molecule has 0 heterocycles. The molecule has 164 valence electrons. The molecule has 0 spiro atoms. The van der Waals surface area contributed by atoms with Crippen LogP contribution in [0.15, 0.2) is 0 Å². The van der Waals surface area contributed by atoms with Gasteiger partial charge in [-0.1, -0.05) is 81.4 Å². The van der Waals surface area contributed by atoms with Gasteiger partial charge in [-0.05, 0) is 12.8 Å². The lowest BCUT2D eigenvalue weighted by molar-refractivity contribution is -0.403. The molecule has 0 rings (SSSR count). The molecule has 27 heavy (non-hydrogen) atoms. The second kappa shape index (κ2) is 10.8. The normalized spacial score (nSPS) is 16.4. The fraction of sp³-hybridized carbons (Fsp3) is 1.00. The van der Waals surface area contributed by atoms with Crippen LogP contribution in [0.25, 0.3) is 0 Å². The van der Waals surface area contributed by atoms with E-state index in [2.05, 4.69) is 0 Å². The zero-order chi connectivity index (χ0) is 21.5. The van der Waals surface area contributed by atoms with Crippen LogP contribution in [0.5, 0.6) is 0 Å². The minimum Gasteiger partial charge on any atom is -0.199 e. The molecule has 0 bridgehead atoms. The first-order valence-corrected chi connectivity index (χ1v) is 10.3. The molecule has 0 aromatic rings. The predicted molar refractivity (Wildman–Crippen MR) is 95.1 cm³/mol. The van der Waals surface area contributed by atoms with Crippen molar-refractivity contribution < 1.29 is 39.5 Å². The van der Waals surface area contributed by atoms with E-state index in [-0.39, 0.29) is 6.42 Å². The van der Waals surface area contributed by atoms with E-state index in [0.717, 1.165) is 39.0 Å². The highest BCUT2D eigenvalue weighted by Gasteiger charge is 2.82. The summed E-state index contributed by atoms with van der Waals surface area (Å²) in [5.41, 5.74) is 0. The van der Waals surface area contributed by atoms with E-state index in [1.165, 1.54) is 22.6 Å². The van der Waals surface area contributed by atoms with E-state index in [4.69, 9.17) is 0 Å². The van der Waals surface area contributed by atoms with E-state index in [0.29, 0.717) is 12.8 Å². The topological polar surface area (TPSA) is 0 Å². The summed E-state index contributed by atoms with van der Waals surface area (Å²) in [6, 6.07) is 0. The minimum absolute atomic E-state index is 0.0517. The smallest absolute Gasteiger partial charge is 0.199 e. The maximum absolute atomic E-state index is 14.1. The average molecular weight is 528 g/mol. The van der Waals surface area contributed by atoms with E-state index in [1.807, 2.05) is 6.92 Å². The largest absolute Gasteiger partial charge is 0.460 e. The Hall–Kier alpha value is 0.1000. The van der Waals surface area contributed by atoms with Gasteiger partial charge in [0.2, 0.25) is 0 Å². The Morgan fingerprint density at radius 1 is 0.667 bits per heavy atom. The van der Waals surface area contributed by atoms with E-state index in [1.54, 1.807) is 0 Å². The number of unbranched alkanes of at least 4 members (excludes halogenated alkanes) is 6. The van der Waals surface area contributed by atoms with Crippen molar-refractivity contribution >= 4 is 22.6 Å². The van der Waals surface area contributed by atoms with Crippen LogP contribution in [0.2, 0.25) is 0 Å². The summed E-state index contributed by atoms with van der Waals surface area (Å²) >= 11 is 1.45. The van der Waals surface area contributed by atoms with Gasteiger partial charge in [-0.25, -0.2) is 0 Å². The summed E-state index contributed by atoms with van der Waals surface area (Å²) in [6.45, 7) is 3.13. The maximum atomic E-state index is 14.1. The monoisotopic (exact) mass is 528 g/mol. The summed E-state index contributed by atoms with van der Waals surface area (Å²) in [7, 11) is 0. The quantitative estimate of drug-likeness (QED) is 0.0975. The van der Waals surface area contributed by atoms with Gasteiger partial charge in [0.1, 0.15) is 0 Å². The van der Waals surface area contributed by atoms with Gasteiger partial charge >= 0.3 is 23.9 Å². The van der Waals surface area contributed by atoms with Gasteiger partial charge in [0, 0.05) is 9.84 Å². The van der Waals surface area contributed by atoms with Crippen molar-refractivity contribution in [2.45, 2.75) is 99.5 Å². The first-order chi connectivity index (χ1) is 12.2. The number of hydrogen-bond acceptors (Lipinski definition) is 0. The Bertz CT molecular complexity index is 421. The molecule has 0 N–H and O–H groups in total. The molecular formula is C17H26F9I. The van der Waals surface area contributed by atoms with Crippen LogP contribution in [-0.2, 0) is 0 Å². The van der Waals surface area contributed by atoms with Gasteiger partial charge < -0.3 is 0 Å². The van der Waals surface area contributed by atoms with Crippen LogP contribution in [0.3, 0.4) is 0 Å². The minimum atomic E-state index is -6.81. The lowest BCUT2D eigenvalue weighted by atomic mass is 9.85. The molecule has 0 aliphatic rings. The molecule has 0 nitrogen and oxygen atoms in total. The van der Waals surface area contributed by atoms with E-state index < -0.39 is 40.2 Å². The van der Waals surface area contributed by atoms with Gasteiger partial charge in [0.05, 0.1) is 0 Å². The molecule has 0 saturated carbocycles. The van der Waals surface area contributed by atoms with Crippen LogP contribution in [-0.4, -0.2) is 27.9 Å². The molecule has 0 aliphatic heterocycles. The number of hydrogen-bond donors (Lipinski definition) is 0. The Balaban J connectivity index is 5.01. The molecule has 0 saturated heterocycles. The Kier molecular flexibility index (Phi) is 10.8. The summed E-state index contributed by atoms with van der Waals surface area (Å²) < 4.78 is 117. The molecule has 2 atom stereocenters. The molecule has 0 fully saturated rings. The standard InChI is InChI=1S/C17H26F9I/c1-3-5-6-7-8-9-10-11-13(27)12(4-2)14(18,19)15(20,21)16(22,23)17(24,25)26/h12-13H,3-11H2,1-2H3. The van der Waals surface area contributed by atoms with Crippen LogP contribution in [0.1, 0.15) is 71.6 Å². The molecule has 0 amide bonds. The maximum Gasteiger partial charge on any atom is 0.460 e. The highest BCUT2D eigenvalue weighted by atomic mass is 127. The van der Waals surface area contributed by atoms with Crippen LogP contribution >= 0.6 is 22.6 Å². The zero-order valence-corrected chi connectivity index (χ0v) is 17.5. The molecule has 0 aromatic heterocycles. The van der Waals surface area contributed by atoms with Gasteiger partial charge in [0.15, 0.2) is 0 Å². The average Bonchev–Trinajstić information content (AvgIpc) is 2.53. The third-order valence-corrected chi connectivity index (χ3v) is 6.09. The first kappa shape index (κ1) is 27.1. The third-order valence-electron chi connectivity index (χ3n) is 4.59.